The lowest BCUT2D eigenvalue weighted by Gasteiger charge is -2.27. The van der Waals surface area contributed by atoms with Crippen molar-refractivity contribution in [3.63, 3.8) is 0 Å². The molecule has 88 valence electrons. The first kappa shape index (κ1) is 11.2. The van der Waals surface area contributed by atoms with Crippen molar-refractivity contribution in [3.05, 3.63) is 24.3 Å². The standard InChI is InChI=1S/C12H17NO3/c1-14-6-7-16-12-4-2-10(3-5-12)13-11-8-15-9-11/h2-5,11,13H,6-9H2,1H3. The molecule has 1 fully saturated rings. The largest absolute Gasteiger partial charge is 0.491 e. The van der Waals surface area contributed by atoms with E-state index in [1.807, 2.05) is 24.3 Å². The SMILES string of the molecule is COCCOc1ccc(NC2COC2)cc1. The van der Waals surface area contributed by atoms with Crippen molar-refractivity contribution < 1.29 is 14.2 Å². The van der Waals surface area contributed by atoms with Crippen LogP contribution in [0.1, 0.15) is 0 Å². The summed E-state index contributed by atoms with van der Waals surface area (Å²) in [6.07, 6.45) is 0. The molecule has 0 aromatic heterocycles. The van der Waals surface area contributed by atoms with Crippen molar-refractivity contribution in [2.45, 2.75) is 6.04 Å². The molecule has 0 spiro atoms. The summed E-state index contributed by atoms with van der Waals surface area (Å²) in [6, 6.07) is 8.40. The summed E-state index contributed by atoms with van der Waals surface area (Å²) in [5.41, 5.74) is 1.10. The second-order valence-electron chi connectivity index (χ2n) is 3.74. The minimum Gasteiger partial charge on any atom is -0.491 e. The number of hydrogen-bond donors (Lipinski definition) is 1. The molecule has 0 aliphatic carbocycles. The second-order valence-corrected chi connectivity index (χ2v) is 3.74. The molecule has 0 saturated carbocycles. The highest BCUT2D eigenvalue weighted by molar-refractivity contribution is 5.47. The Hall–Kier alpha value is -1.26. The van der Waals surface area contributed by atoms with Gasteiger partial charge in [0.05, 0.1) is 25.9 Å². The lowest BCUT2D eigenvalue weighted by Crippen LogP contribution is -2.40. The van der Waals surface area contributed by atoms with Gasteiger partial charge in [0, 0.05) is 12.8 Å². The number of methoxy groups -OCH3 is 1. The predicted molar refractivity (Wildman–Crippen MR) is 62.0 cm³/mol. The van der Waals surface area contributed by atoms with Crippen molar-refractivity contribution in [2.75, 3.05) is 38.9 Å². The van der Waals surface area contributed by atoms with Gasteiger partial charge in [-0.2, -0.15) is 0 Å². The van der Waals surface area contributed by atoms with Crippen molar-refractivity contribution in [1.82, 2.24) is 0 Å². The number of anilines is 1. The molecule has 0 unspecified atom stereocenters. The molecule has 1 N–H and O–H groups in total. The lowest BCUT2D eigenvalue weighted by atomic mass is 10.2. The molecule has 16 heavy (non-hydrogen) atoms. The summed E-state index contributed by atoms with van der Waals surface area (Å²) in [6.45, 7) is 2.79. The van der Waals surface area contributed by atoms with Gasteiger partial charge in [-0.3, -0.25) is 0 Å². The van der Waals surface area contributed by atoms with E-state index >= 15 is 0 Å². The first-order valence-electron chi connectivity index (χ1n) is 5.44. The van der Waals surface area contributed by atoms with Crippen molar-refractivity contribution in [1.29, 1.82) is 0 Å². The highest BCUT2D eigenvalue weighted by Crippen LogP contribution is 2.17. The molecule has 1 saturated heterocycles. The van der Waals surface area contributed by atoms with E-state index in [2.05, 4.69) is 5.32 Å². The van der Waals surface area contributed by atoms with Crippen LogP contribution in [0.4, 0.5) is 5.69 Å². The molecule has 2 rings (SSSR count). The molecule has 0 radical (unpaired) electrons. The molecule has 4 heteroatoms. The Morgan fingerprint density at radius 3 is 2.56 bits per heavy atom. The summed E-state index contributed by atoms with van der Waals surface area (Å²) in [7, 11) is 1.66. The lowest BCUT2D eigenvalue weighted by molar-refractivity contribution is 0.0211. The molecule has 1 aromatic carbocycles. The maximum absolute atomic E-state index is 5.47. The van der Waals surface area contributed by atoms with Gasteiger partial charge in [0.2, 0.25) is 0 Å². The van der Waals surface area contributed by atoms with Gasteiger partial charge < -0.3 is 19.5 Å². The smallest absolute Gasteiger partial charge is 0.119 e. The van der Waals surface area contributed by atoms with Gasteiger partial charge in [-0.1, -0.05) is 0 Å². The zero-order valence-corrected chi connectivity index (χ0v) is 9.44. The zero-order valence-electron chi connectivity index (χ0n) is 9.44. The first-order valence-corrected chi connectivity index (χ1v) is 5.44. The van der Waals surface area contributed by atoms with E-state index < -0.39 is 0 Å². The number of ether oxygens (including phenoxy) is 3. The highest BCUT2D eigenvalue weighted by atomic mass is 16.5. The van der Waals surface area contributed by atoms with Crippen LogP contribution in [0.15, 0.2) is 24.3 Å². The molecule has 1 aliphatic heterocycles. The fourth-order valence-corrected chi connectivity index (χ4v) is 1.44. The van der Waals surface area contributed by atoms with Crippen molar-refractivity contribution in [2.24, 2.45) is 0 Å². The molecular formula is C12H17NO3. The minimum absolute atomic E-state index is 0.459. The maximum atomic E-state index is 5.47. The Kier molecular flexibility index (Phi) is 4.02. The summed E-state index contributed by atoms with van der Waals surface area (Å²) in [5, 5.41) is 3.37. The quantitative estimate of drug-likeness (QED) is 0.742. The third kappa shape index (κ3) is 3.12. The molecule has 4 nitrogen and oxygen atoms in total. The molecule has 0 bridgehead atoms. The van der Waals surface area contributed by atoms with Gasteiger partial charge >= 0.3 is 0 Å². The topological polar surface area (TPSA) is 39.7 Å². The van der Waals surface area contributed by atoms with Crippen LogP contribution in [0, 0.1) is 0 Å². The maximum Gasteiger partial charge on any atom is 0.119 e. The molecular weight excluding hydrogens is 206 g/mol. The number of rotatable bonds is 6. The number of nitrogens with one attached hydrogen (secondary N) is 1. The van der Waals surface area contributed by atoms with Gasteiger partial charge in [-0.25, -0.2) is 0 Å². The predicted octanol–water partition coefficient (Wildman–Crippen LogP) is 1.52. The van der Waals surface area contributed by atoms with Gasteiger partial charge in [-0.05, 0) is 24.3 Å². The highest BCUT2D eigenvalue weighted by Gasteiger charge is 2.17. The summed E-state index contributed by atoms with van der Waals surface area (Å²) in [5.74, 6) is 0.868. The molecule has 1 heterocycles. The van der Waals surface area contributed by atoms with Crippen LogP contribution in [0.3, 0.4) is 0 Å². The molecule has 1 aliphatic rings. The molecule has 0 atom stereocenters. The number of benzene rings is 1. The van der Waals surface area contributed by atoms with Gasteiger partial charge in [0.15, 0.2) is 0 Å². The van der Waals surface area contributed by atoms with E-state index in [9.17, 15) is 0 Å². The fourth-order valence-electron chi connectivity index (χ4n) is 1.44. The first-order chi connectivity index (χ1) is 7.88. The summed E-state index contributed by atoms with van der Waals surface area (Å²) in [4.78, 5) is 0. The molecule has 1 aromatic rings. The van der Waals surface area contributed by atoms with Crippen LogP contribution in [-0.4, -0.2) is 39.6 Å². The van der Waals surface area contributed by atoms with E-state index in [-0.39, 0.29) is 0 Å². The third-order valence-corrected chi connectivity index (χ3v) is 2.42. The van der Waals surface area contributed by atoms with Crippen LogP contribution in [0.5, 0.6) is 5.75 Å². The van der Waals surface area contributed by atoms with E-state index in [0.29, 0.717) is 19.3 Å². The monoisotopic (exact) mass is 223 g/mol. The average Bonchev–Trinajstić information content (AvgIpc) is 2.26. The Balaban J connectivity index is 1.78. The normalized spacial score (nSPS) is 15.6. The Labute approximate surface area is 95.5 Å². The summed E-state index contributed by atoms with van der Waals surface area (Å²) < 4.78 is 15.5. The van der Waals surface area contributed by atoms with Gasteiger partial charge in [0.25, 0.3) is 0 Å². The average molecular weight is 223 g/mol. The Morgan fingerprint density at radius 1 is 1.25 bits per heavy atom. The van der Waals surface area contributed by atoms with Crippen LogP contribution < -0.4 is 10.1 Å². The second kappa shape index (κ2) is 5.72. The zero-order chi connectivity index (χ0) is 11.2. The van der Waals surface area contributed by atoms with Crippen molar-refractivity contribution in [3.8, 4) is 5.75 Å². The summed E-state index contributed by atoms with van der Waals surface area (Å²) >= 11 is 0. The Morgan fingerprint density at radius 2 is 2.00 bits per heavy atom. The number of hydrogen-bond acceptors (Lipinski definition) is 4. The third-order valence-electron chi connectivity index (χ3n) is 2.42. The Bertz CT molecular complexity index is 309. The van der Waals surface area contributed by atoms with E-state index in [0.717, 1.165) is 24.7 Å². The van der Waals surface area contributed by atoms with Crippen LogP contribution in [0.2, 0.25) is 0 Å². The van der Waals surface area contributed by atoms with Gasteiger partial charge in [-0.15, -0.1) is 0 Å². The fraction of sp³-hybridized carbons (Fsp3) is 0.500. The van der Waals surface area contributed by atoms with Crippen molar-refractivity contribution >= 4 is 5.69 Å². The van der Waals surface area contributed by atoms with Crippen LogP contribution >= 0.6 is 0 Å². The van der Waals surface area contributed by atoms with E-state index in [4.69, 9.17) is 14.2 Å². The van der Waals surface area contributed by atoms with Crippen LogP contribution in [-0.2, 0) is 9.47 Å². The molecule has 0 amide bonds. The van der Waals surface area contributed by atoms with E-state index in [1.165, 1.54) is 0 Å². The van der Waals surface area contributed by atoms with E-state index in [1.54, 1.807) is 7.11 Å². The van der Waals surface area contributed by atoms with Crippen LogP contribution in [0.25, 0.3) is 0 Å². The van der Waals surface area contributed by atoms with Gasteiger partial charge in [0.1, 0.15) is 12.4 Å². The minimum atomic E-state index is 0.459.